The Labute approximate surface area is 136 Å². The molecule has 5 nitrogen and oxygen atoms in total. The lowest BCUT2D eigenvalue weighted by atomic mass is 10.2. The van der Waals surface area contributed by atoms with Gasteiger partial charge in [0.15, 0.2) is 0 Å². The second-order valence-corrected chi connectivity index (χ2v) is 7.71. The van der Waals surface area contributed by atoms with Crippen LogP contribution in [-0.2, 0) is 17.1 Å². The summed E-state index contributed by atoms with van der Waals surface area (Å²) in [5.41, 5.74) is 4.12. The second kappa shape index (κ2) is 5.38. The van der Waals surface area contributed by atoms with Crippen molar-refractivity contribution in [2.24, 2.45) is 7.05 Å². The van der Waals surface area contributed by atoms with E-state index < -0.39 is 10.0 Å². The largest absolute Gasteiger partial charge is 0.334 e. The number of anilines is 1. The average Bonchev–Trinajstić information content (AvgIpc) is 2.87. The van der Waals surface area contributed by atoms with Crippen LogP contribution in [0.15, 0.2) is 47.6 Å². The first-order chi connectivity index (χ1) is 10.8. The lowest BCUT2D eigenvalue weighted by Gasteiger charge is -2.21. The molecule has 23 heavy (non-hydrogen) atoms. The molecule has 1 aromatic heterocycles. The molecular weight excluding hydrogens is 310 g/mol. The van der Waals surface area contributed by atoms with E-state index >= 15 is 0 Å². The van der Waals surface area contributed by atoms with Crippen LogP contribution in [0.2, 0.25) is 0 Å². The molecule has 0 atom stereocenters. The van der Waals surface area contributed by atoms with Crippen LogP contribution in [0.4, 0.5) is 5.69 Å². The van der Waals surface area contributed by atoms with Gasteiger partial charge in [-0.3, -0.25) is 4.31 Å². The Balaban J connectivity index is 2.07. The highest BCUT2D eigenvalue weighted by molar-refractivity contribution is 7.92. The molecule has 0 saturated carbocycles. The number of imidazole rings is 1. The van der Waals surface area contributed by atoms with E-state index in [1.807, 2.05) is 43.7 Å². The fourth-order valence-corrected chi connectivity index (χ4v) is 4.09. The molecule has 6 heteroatoms. The third kappa shape index (κ3) is 2.59. The SMILES string of the molecule is Cc1ccc(S(=O)(=O)N(C)c2ccc3c(c2)ncn3C)c(C)c1. The molecule has 2 aromatic carbocycles. The highest BCUT2D eigenvalue weighted by atomic mass is 32.2. The number of benzene rings is 2. The van der Waals surface area contributed by atoms with Gasteiger partial charge in [-0.25, -0.2) is 13.4 Å². The number of sulfonamides is 1. The highest BCUT2D eigenvalue weighted by Crippen LogP contribution is 2.27. The van der Waals surface area contributed by atoms with Gasteiger partial charge in [0.1, 0.15) is 0 Å². The van der Waals surface area contributed by atoms with Crippen LogP contribution in [-0.4, -0.2) is 25.0 Å². The zero-order chi connectivity index (χ0) is 16.8. The number of aryl methyl sites for hydroxylation is 3. The molecule has 0 amide bonds. The minimum Gasteiger partial charge on any atom is -0.334 e. The van der Waals surface area contributed by atoms with Crippen molar-refractivity contribution in [2.75, 3.05) is 11.4 Å². The molecule has 0 aliphatic carbocycles. The van der Waals surface area contributed by atoms with Crippen molar-refractivity contribution in [3.63, 3.8) is 0 Å². The van der Waals surface area contributed by atoms with Gasteiger partial charge in [-0.2, -0.15) is 0 Å². The second-order valence-electron chi connectivity index (χ2n) is 5.77. The van der Waals surface area contributed by atoms with E-state index in [0.717, 1.165) is 22.2 Å². The van der Waals surface area contributed by atoms with Crippen LogP contribution in [0.5, 0.6) is 0 Å². The summed E-state index contributed by atoms with van der Waals surface area (Å²) in [7, 11) is -0.127. The van der Waals surface area contributed by atoms with Gasteiger partial charge in [-0.15, -0.1) is 0 Å². The average molecular weight is 329 g/mol. The number of hydrogen-bond donors (Lipinski definition) is 0. The standard InChI is InChI=1S/C17H19N3O2S/c1-12-5-8-17(13(2)9-12)23(21,22)20(4)14-6-7-16-15(10-14)18-11-19(16)3/h5-11H,1-4H3. The molecule has 3 aromatic rings. The molecule has 0 saturated heterocycles. The van der Waals surface area contributed by atoms with Crippen molar-refractivity contribution in [1.82, 2.24) is 9.55 Å². The summed E-state index contributed by atoms with van der Waals surface area (Å²) in [5, 5.41) is 0. The predicted octanol–water partition coefficient (Wildman–Crippen LogP) is 3.02. The van der Waals surface area contributed by atoms with Crippen LogP contribution in [0.1, 0.15) is 11.1 Å². The molecule has 0 N–H and O–H groups in total. The zero-order valence-corrected chi connectivity index (χ0v) is 14.4. The Morgan fingerprint density at radius 3 is 2.52 bits per heavy atom. The van der Waals surface area contributed by atoms with Crippen molar-refractivity contribution >= 4 is 26.7 Å². The number of rotatable bonds is 3. The van der Waals surface area contributed by atoms with Crippen LogP contribution < -0.4 is 4.31 Å². The van der Waals surface area contributed by atoms with Crippen molar-refractivity contribution in [1.29, 1.82) is 0 Å². The monoisotopic (exact) mass is 329 g/mol. The van der Waals surface area contributed by atoms with Gasteiger partial charge in [-0.1, -0.05) is 17.7 Å². The number of aromatic nitrogens is 2. The van der Waals surface area contributed by atoms with Crippen LogP contribution in [0.3, 0.4) is 0 Å². The number of fused-ring (bicyclic) bond motifs is 1. The molecule has 120 valence electrons. The van der Waals surface area contributed by atoms with Crippen LogP contribution >= 0.6 is 0 Å². The minimum absolute atomic E-state index is 0.326. The van der Waals surface area contributed by atoms with E-state index in [4.69, 9.17) is 0 Å². The van der Waals surface area contributed by atoms with Crippen LogP contribution in [0.25, 0.3) is 11.0 Å². The van der Waals surface area contributed by atoms with Gasteiger partial charge in [0.25, 0.3) is 10.0 Å². The molecule has 0 unspecified atom stereocenters. The van der Waals surface area contributed by atoms with Crippen molar-refractivity contribution in [3.8, 4) is 0 Å². The summed E-state index contributed by atoms with van der Waals surface area (Å²) in [6.45, 7) is 3.76. The minimum atomic E-state index is -3.60. The quantitative estimate of drug-likeness (QED) is 0.742. The van der Waals surface area contributed by atoms with Gasteiger partial charge < -0.3 is 4.57 Å². The van der Waals surface area contributed by atoms with E-state index in [1.54, 1.807) is 31.6 Å². The molecule has 0 fully saturated rings. The predicted molar refractivity (Wildman–Crippen MR) is 92.2 cm³/mol. The summed E-state index contributed by atoms with van der Waals surface area (Å²) in [5.74, 6) is 0. The Morgan fingerprint density at radius 1 is 1.09 bits per heavy atom. The summed E-state index contributed by atoms with van der Waals surface area (Å²) >= 11 is 0. The van der Waals surface area contributed by atoms with E-state index in [-0.39, 0.29) is 0 Å². The van der Waals surface area contributed by atoms with Gasteiger partial charge in [-0.05, 0) is 43.7 Å². The molecule has 0 aliphatic rings. The highest BCUT2D eigenvalue weighted by Gasteiger charge is 2.23. The summed E-state index contributed by atoms with van der Waals surface area (Å²) in [4.78, 5) is 4.61. The maximum absolute atomic E-state index is 12.9. The Hall–Kier alpha value is -2.34. The summed E-state index contributed by atoms with van der Waals surface area (Å²) < 4.78 is 29.0. The normalized spacial score (nSPS) is 11.8. The first-order valence-electron chi connectivity index (χ1n) is 7.28. The van der Waals surface area contributed by atoms with E-state index in [9.17, 15) is 8.42 Å². The Kier molecular flexibility index (Phi) is 3.64. The first-order valence-corrected chi connectivity index (χ1v) is 8.72. The van der Waals surface area contributed by atoms with Gasteiger partial charge in [0.2, 0.25) is 0 Å². The Morgan fingerprint density at radius 2 is 1.83 bits per heavy atom. The molecule has 1 heterocycles. The molecule has 0 radical (unpaired) electrons. The molecular formula is C17H19N3O2S. The Bertz CT molecular complexity index is 990. The molecule has 3 rings (SSSR count). The third-order valence-corrected chi connectivity index (χ3v) is 5.99. The van der Waals surface area contributed by atoms with Crippen molar-refractivity contribution < 1.29 is 8.42 Å². The van der Waals surface area contributed by atoms with E-state index in [2.05, 4.69) is 4.98 Å². The lowest BCUT2D eigenvalue weighted by molar-refractivity contribution is 0.594. The van der Waals surface area contributed by atoms with Gasteiger partial charge in [0.05, 0.1) is 27.9 Å². The van der Waals surface area contributed by atoms with Crippen molar-refractivity contribution in [2.45, 2.75) is 18.7 Å². The maximum Gasteiger partial charge on any atom is 0.264 e. The summed E-state index contributed by atoms with van der Waals surface area (Å²) in [6, 6.07) is 10.8. The zero-order valence-electron chi connectivity index (χ0n) is 13.6. The number of hydrogen-bond acceptors (Lipinski definition) is 3. The van der Waals surface area contributed by atoms with E-state index in [0.29, 0.717) is 10.6 Å². The fourth-order valence-electron chi connectivity index (χ4n) is 2.70. The fraction of sp³-hybridized carbons (Fsp3) is 0.235. The van der Waals surface area contributed by atoms with Gasteiger partial charge in [0, 0.05) is 14.1 Å². The summed E-state index contributed by atoms with van der Waals surface area (Å²) in [6.07, 6.45) is 1.72. The maximum atomic E-state index is 12.9. The van der Waals surface area contributed by atoms with Gasteiger partial charge >= 0.3 is 0 Å². The van der Waals surface area contributed by atoms with Crippen molar-refractivity contribution in [3.05, 3.63) is 53.9 Å². The van der Waals surface area contributed by atoms with E-state index in [1.165, 1.54) is 4.31 Å². The van der Waals surface area contributed by atoms with Crippen LogP contribution in [0, 0.1) is 13.8 Å². The third-order valence-electron chi connectivity index (χ3n) is 4.04. The topological polar surface area (TPSA) is 55.2 Å². The molecule has 0 aliphatic heterocycles. The lowest BCUT2D eigenvalue weighted by Crippen LogP contribution is -2.27. The molecule has 0 spiro atoms. The molecule has 0 bridgehead atoms. The number of nitrogens with zero attached hydrogens (tertiary/aromatic N) is 3. The first kappa shape index (κ1) is 15.6. The smallest absolute Gasteiger partial charge is 0.264 e.